The van der Waals surface area contributed by atoms with Crippen LogP contribution in [0.25, 0.3) is 11.0 Å². The first-order valence-corrected chi connectivity index (χ1v) is 8.72. The molecule has 5 nitrogen and oxygen atoms in total. The molecule has 1 fully saturated rings. The van der Waals surface area contributed by atoms with Crippen molar-refractivity contribution < 1.29 is 18.7 Å². The molecule has 0 radical (unpaired) electrons. The van der Waals surface area contributed by atoms with Gasteiger partial charge in [0.25, 0.3) is 5.91 Å². The number of ether oxygens (including phenoxy) is 2. The van der Waals surface area contributed by atoms with Crippen molar-refractivity contribution in [2.45, 2.75) is 18.9 Å². The normalized spacial score (nSPS) is 16.8. The molecule has 1 aliphatic rings. The molecule has 1 saturated heterocycles. The van der Waals surface area contributed by atoms with Gasteiger partial charge in [0.1, 0.15) is 17.1 Å². The standard InChI is InChI=1S/C21H21NO4/c1-24-15-9-10-19(25-2)16(13-15)17-7-5-11-22(17)21(23)20-12-14-6-3-4-8-18(14)26-20/h3-4,6,8-10,12-13,17H,5,7,11H2,1-2H3/t17-/m1/s1. The zero-order chi connectivity index (χ0) is 18.1. The minimum atomic E-state index is -0.0893. The van der Waals surface area contributed by atoms with Crippen molar-refractivity contribution >= 4 is 16.9 Å². The Bertz CT molecular complexity index is 913. The first kappa shape index (κ1) is 16.5. The van der Waals surface area contributed by atoms with Crippen molar-refractivity contribution in [3.8, 4) is 11.5 Å². The molecule has 0 N–H and O–H groups in total. The van der Waals surface area contributed by atoms with Crippen LogP contribution in [0, 0.1) is 0 Å². The van der Waals surface area contributed by atoms with Crippen molar-refractivity contribution in [2.75, 3.05) is 20.8 Å². The van der Waals surface area contributed by atoms with Crippen LogP contribution < -0.4 is 9.47 Å². The van der Waals surface area contributed by atoms with E-state index in [0.29, 0.717) is 12.3 Å². The fourth-order valence-electron chi connectivity index (χ4n) is 3.66. The van der Waals surface area contributed by atoms with E-state index in [1.165, 1.54) is 0 Å². The molecule has 26 heavy (non-hydrogen) atoms. The highest BCUT2D eigenvalue weighted by Crippen LogP contribution is 2.39. The number of hydrogen-bond donors (Lipinski definition) is 0. The second-order valence-corrected chi connectivity index (χ2v) is 6.41. The van der Waals surface area contributed by atoms with Gasteiger partial charge in [-0.05, 0) is 43.2 Å². The fraction of sp³-hybridized carbons (Fsp3) is 0.286. The van der Waals surface area contributed by atoms with Crippen LogP contribution >= 0.6 is 0 Å². The third kappa shape index (κ3) is 2.79. The van der Waals surface area contributed by atoms with Gasteiger partial charge in [-0.3, -0.25) is 4.79 Å². The number of methoxy groups -OCH3 is 2. The van der Waals surface area contributed by atoms with Crippen LogP contribution in [0.1, 0.15) is 35.0 Å². The molecule has 5 heteroatoms. The molecule has 1 aliphatic heterocycles. The van der Waals surface area contributed by atoms with Gasteiger partial charge in [0.05, 0.1) is 20.3 Å². The monoisotopic (exact) mass is 351 g/mol. The number of benzene rings is 2. The van der Waals surface area contributed by atoms with E-state index in [0.717, 1.165) is 40.9 Å². The summed E-state index contributed by atoms with van der Waals surface area (Å²) in [6.45, 7) is 0.695. The van der Waals surface area contributed by atoms with Gasteiger partial charge < -0.3 is 18.8 Å². The molecule has 4 rings (SSSR count). The summed E-state index contributed by atoms with van der Waals surface area (Å²) in [6.07, 6.45) is 1.83. The number of likely N-dealkylation sites (tertiary alicyclic amines) is 1. The molecule has 0 unspecified atom stereocenters. The van der Waals surface area contributed by atoms with E-state index >= 15 is 0 Å². The Balaban J connectivity index is 1.69. The number of carbonyl (C=O) groups is 1. The highest BCUT2D eigenvalue weighted by molar-refractivity contribution is 5.96. The summed E-state index contributed by atoms with van der Waals surface area (Å²) in [5.74, 6) is 1.80. The number of fused-ring (bicyclic) bond motifs is 1. The van der Waals surface area contributed by atoms with Crippen molar-refractivity contribution in [2.24, 2.45) is 0 Å². The molecule has 2 heterocycles. The van der Waals surface area contributed by atoms with Crippen molar-refractivity contribution in [3.05, 3.63) is 59.9 Å². The van der Waals surface area contributed by atoms with Gasteiger partial charge in [-0.1, -0.05) is 18.2 Å². The Morgan fingerprint density at radius 1 is 1.12 bits per heavy atom. The van der Waals surface area contributed by atoms with Crippen LogP contribution in [0.3, 0.4) is 0 Å². The summed E-state index contributed by atoms with van der Waals surface area (Å²) in [4.78, 5) is 15.0. The van der Waals surface area contributed by atoms with Gasteiger partial charge >= 0.3 is 0 Å². The molecule has 1 aromatic heterocycles. The summed E-state index contributed by atoms with van der Waals surface area (Å²) >= 11 is 0. The highest BCUT2D eigenvalue weighted by atomic mass is 16.5. The zero-order valence-corrected chi connectivity index (χ0v) is 14.9. The molecule has 1 atom stereocenters. The Labute approximate surface area is 152 Å². The van der Waals surface area contributed by atoms with E-state index in [-0.39, 0.29) is 11.9 Å². The molecule has 1 amide bonds. The number of para-hydroxylation sites is 1. The van der Waals surface area contributed by atoms with Gasteiger partial charge in [0.15, 0.2) is 5.76 Å². The molecular weight excluding hydrogens is 330 g/mol. The molecule has 134 valence electrons. The van der Waals surface area contributed by atoms with E-state index < -0.39 is 0 Å². The Hall–Kier alpha value is -2.95. The van der Waals surface area contributed by atoms with Gasteiger partial charge in [0.2, 0.25) is 0 Å². The average molecular weight is 351 g/mol. The van der Waals surface area contributed by atoms with Crippen LogP contribution in [-0.2, 0) is 0 Å². The predicted octanol–water partition coefficient (Wildman–Crippen LogP) is 4.43. The van der Waals surface area contributed by atoms with E-state index in [4.69, 9.17) is 13.9 Å². The smallest absolute Gasteiger partial charge is 0.290 e. The maximum absolute atomic E-state index is 13.1. The summed E-state index contributed by atoms with van der Waals surface area (Å²) in [5.41, 5.74) is 1.69. The second-order valence-electron chi connectivity index (χ2n) is 6.41. The summed E-state index contributed by atoms with van der Waals surface area (Å²) < 4.78 is 16.7. The average Bonchev–Trinajstić information content (AvgIpc) is 3.33. The molecule has 3 aromatic rings. The Morgan fingerprint density at radius 3 is 2.73 bits per heavy atom. The van der Waals surface area contributed by atoms with Crippen LogP contribution in [0.5, 0.6) is 11.5 Å². The van der Waals surface area contributed by atoms with Crippen molar-refractivity contribution in [3.63, 3.8) is 0 Å². The van der Waals surface area contributed by atoms with E-state index in [1.807, 2.05) is 53.4 Å². The zero-order valence-electron chi connectivity index (χ0n) is 14.9. The van der Waals surface area contributed by atoms with Gasteiger partial charge in [-0.25, -0.2) is 0 Å². The molecule has 2 aromatic carbocycles. The fourth-order valence-corrected chi connectivity index (χ4v) is 3.66. The largest absolute Gasteiger partial charge is 0.497 e. The summed E-state index contributed by atoms with van der Waals surface area (Å²) in [6, 6.07) is 15.1. The van der Waals surface area contributed by atoms with E-state index in [2.05, 4.69) is 0 Å². The number of nitrogens with zero attached hydrogens (tertiary/aromatic N) is 1. The predicted molar refractivity (Wildman–Crippen MR) is 98.8 cm³/mol. The van der Waals surface area contributed by atoms with E-state index in [9.17, 15) is 4.79 Å². The van der Waals surface area contributed by atoms with Gasteiger partial charge in [-0.2, -0.15) is 0 Å². The minimum Gasteiger partial charge on any atom is -0.497 e. The lowest BCUT2D eigenvalue weighted by Gasteiger charge is -2.26. The molecule has 0 spiro atoms. The maximum atomic E-state index is 13.1. The molecule has 0 saturated carbocycles. The van der Waals surface area contributed by atoms with Crippen molar-refractivity contribution in [1.29, 1.82) is 0 Å². The number of furan rings is 1. The van der Waals surface area contributed by atoms with Gasteiger partial charge in [0, 0.05) is 17.5 Å². The Kier molecular flexibility index (Phi) is 4.29. The first-order valence-electron chi connectivity index (χ1n) is 8.72. The maximum Gasteiger partial charge on any atom is 0.290 e. The molecular formula is C21H21NO4. The van der Waals surface area contributed by atoms with Crippen LogP contribution in [0.4, 0.5) is 0 Å². The lowest BCUT2D eigenvalue weighted by molar-refractivity contribution is 0.0704. The molecule has 0 aliphatic carbocycles. The van der Waals surface area contributed by atoms with Crippen molar-refractivity contribution in [1.82, 2.24) is 4.90 Å². The van der Waals surface area contributed by atoms with Crippen LogP contribution in [0.2, 0.25) is 0 Å². The minimum absolute atomic E-state index is 0.0548. The lowest BCUT2D eigenvalue weighted by Crippen LogP contribution is -2.30. The van der Waals surface area contributed by atoms with Crippen LogP contribution in [-0.4, -0.2) is 31.6 Å². The second kappa shape index (κ2) is 6.75. The highest BCUT2D eigenvalue weighted by Gasteiger charge is 2.34. The topological polar surface area (TPSA) is 51.9 Å². The third-order valence-electron chi connectivity index (χ3n) is 4.95. The lowest BCUT2D eigenvalue weighted by atomic mass is 10.0. The number of carbonyl (C=O) groups excluding carboxylic acids is 1. The number of hydrogen-bond acceptors (Lipinski definition) is 4. The number of rotatable bonds is 4. The van der Waals surface area contributed by atoms with Crippen LogP contribution in [0.15, 0.2) is 52.9 Å². The first-order chi connectivity index (χ1) is 12.7. The number of amides is 1. The van der Waals surface area contributed by atoms with E-state index in [1.54, 1.807) is 14.2 Å². The third-order valence-corrected chi connectivity index (χ3v) is 4.95. The summed E-state index contributed by atoms with van der Waals surface area (Å²) in [7, 11) is 3.28. The SMILES string of the molecule is COc1ccc(OC)c([C@H]2CCCN2C(=O)c2cc3ccccc3o2)c1. The summed E-state index contributed by atoms with van der Waals surface area (Å²) in [5, 5.41) is 0.936. The Morgan fingerprint density at radius 2 is 1.96 bits per heavy atom. The molecule has 0 bridgehead atoms. The van der Waals surface area contributed by atoms with Gasteiger partial charge in [-0.15, -0.1) is 0 Å². The quantitative estimate of drug-likeness (QED) is 0.698.